The van der Waals surface area contributed by atoms with Crippen molar-refractivity contribution in [2.24, 2.45) is 0 Å². The number of Topliss-reactive ketones (excluding diaryl/α,β-unsaturated/α-hetero) is 1. The topological polar surface area (TPSA) is 106 Å². The van der Waals surface area contributed by atoms with Crippen LogP contribution in [0.5, 0.6) is 11.5 Å². The summed E-state index contributed by atoms with van der Waals surface area (Å²) in [7, 11) is 3.07. The van der Waals surface area contributed by atoms with E-state index in [1.54, 1.807) is 34.9 Å². The number of rotatable bonds is 9. The number of hydrogen-bond donors (Lipinski definition) is 1. The Morgan fingerprint density at radius 2 is 1.75 bits per heavy atom. The smallest absolute Gasteiger partial charge is 0.295 e. The minimum absolute atomic E-state index is 0.0271. The first-order chi connectivity index (χ1) is 19.4. The Labute approximate surface area is 233 Å². The molecule has 0 bridgehead atoms. The van der Waals surface area contributed by atoms with E-state index in [0.717, 1.165) is 25.3 Å². The number of aromatic nitrogens is 2. The second-order valence-corrected chi connectivity index (χ2v) is 9.81. The van der Waals surface area contributed by atoms with Gasteiger partial charge in [0.1, 0.15) is 5.76 Å². The first kappa shape index (κ1) is 27.4. The summed E-state index contributed by atoms with van der Waals surface area (Å²) in [5.41, 5.74) is 2.52. The second kappa shape index (κ2) is 11.9. The molecule has 3 aromatic rings. The zero-order valence-corrected chi connectivity index (χ0v) is 23.0. The van der Waals surface area contributed by atoms with Crippen LogP contribution < -0.4 is 9.47 Å². The molecule has 1 aromatic heterocycles. The van der Waals surface area contributed by atoms with E-state index in [4.69, 9.17) is 14.2 Å². The molecule has 3 heterocycles. The minimum atomic E-state index is -0.802. The molecular weight excluding hydrogens is 512 g/mol. The Hall–Kier alpha value is -4.15. The number of morpholine rings is 1. The largest absolute Gasteiger partial charge is 0.507 e. The average molecular weight is 547 g/mol. The second-order valence-electron chi connectivity index (χ2n) is 9.81. The van der Waals surface area contributed by atoms with Crippen LogP contribution in [-0.4, -0.2) is 90.0 Å². The van der Waals surface area contributed by atoms with Gasteiger partial charge in [-0.05, 0) is 43.2 Å². The Morgan fingerprint density at radius 1 is 1.02 bits per heavy atom. The van der Waals surface area contributed by atoms with Crippen molar-refractivity contribution in [3.63, 3.8) is 0 Å². The zero-order valence-electron chi connectivity index (χ0n) is 23.0. The van der Waals surface area contributed by atoms with E-state index >= 15 is 0 Å². The van der Waals surface area contributed by atoms with Crippen molar-refractivity contribution in [1.82, 2.24) is 19.6 Å². The number of ketones is 1. The highest BCUT2D eigenvalue weighted by molar-refractivity contribution is 6.46. The maximum atomic E-state index is 13.5. The summed E-state index contributed by atoms with van der Waals surface area (Å²) in [5.74, 6) is -0.636. The Bertz CT molecular complexity index is 1410. The molecule has 210 valence electrons. The summed E-state index contributed by atoms with van der Waals surface area (Å²) in [4.78, 5) is 30.8. The Morgan fingerprint density at radius 3 is 2.45 bits per heavy atom. The third kappa shape index (κ3) is 5.20. The number of amides is 1. The number of likely N-dealkylation sites (tertiary alicyclic amines) is 1. The van der Waals surface area contributed by atoms with Gasteiger partial charge in [-0.1, -0.05) is 24.3 Å². The predicted molar refractivity (Wildman–Crippen MR) is 149 cm³/mol. The van der Waals surface area contributed by atoms with Crippen LogP contribution in [0.3, 0.4) is 0 Å². The van der Waals surface area contributed by atoms with Crippen LogP contribution in [0.25, 0.3) is 11.4 Å². The van der Waals surface area contributed by atoms with Crippen LogP contribution >= 0.6 is 0 Å². The minimum Gasteiger partial charge on any atom is -0.507 e. The molecule has 10 nitrogen and oxygen atoms in total. The van der Waals surface area contributed by atoms with E-state index in [-0.39, 0.29) is 11.3 Å². The molecule has 1 atom stereocenters. The molecule has 2 saturated heterocycles. The molecule has 1 N–H and O–H groups in total. The van der Waals surface area contributed by atoms with E-state index in [9.17, 15) is 14.7 Å². The third-order valence-electron chi connectivity index (χ3n) is 7.51. The highest BCUT2D eigenvalue weighted by atomic mass is 16.5. The molecule has 0 radical (unpaired) electrons. The Kier molecular flexibility index (Phi) is 8.18. The predicted octanol–water partition coefficient (Wildman–Crippen LogP) is 3.34. The molecule has 0 spiro atoms. The van der Waals surface area contributed by atoms with E-state index in [1.165, 1.54) is 13.3 Å². The number of para-hydroxylation sites is 1. The summed E-state index contributed by atoms with van der Waals surface area (Å²) in [6.45, 7) is 5.98. The van der Waals surface area contributed by atoms with Gasteiger partial charge in [0.2, 0.25) is 0 Å². The van der Waals surface area contributed by atoms with Gasteiger partial charge in [-0.2, -0.15) is 5.10 Å². The van der Waals surface area contributed by atoms with Crippen molar-refractivity contribution in [1.29, 1.82) is 0 Å². The van der Waals surface area contributed by atoms with E-state index < -0.39 is 17.7 Å². The maximum absolute atomic E-state index is 13.5. The number of aliphatic hydroxyl groups excluding tert-OH is 1. The SMILES string of the molecule is COc1ccc([C@H]2/C(=C(\O)c3cnn(-c4ccccc4)c3C)C(=O)C(=O)N2CCCN2CCOCC2)cc1OC. The fourth-order valence-electron chi connectivity index (χ4n) is 5.39. The van der Waals surface area contributed by atoms with Crippen LogP contribution in [0.15, 0.2) is 60.3 Å². The van der Waals surface area contributed by atoms with Crippen LogP contribution in [0.2, 0.25) is 0 Å². The zero-order chi connectivity index (χ0) is 28.2. The molecule has 1 amide bonds. The molecule has 10 heteroatoms. The van der Waals surface area contributed by atoms with Gasteiger partial charge in [0.15, 0.2) is 11.5 Å². The van der Waals surface area contributed by atoms with Gasteiger partial charge in [-0.25, -0.2) is 4.68 Å². The number of benzene rings is 2. The first-order valence-corrected chi connectivity index (χ1v) is 13.4. The first-order valence-electron chi connectivity index (χ1n) is 13.4. The fourth-order valence-corrected chi connectivity index (χ4v) is 5.39. The third-order valence-corrected chi connectivity index (χ3v) is 7.51. The molecule has 5 rings (SSSR count). The molecular formula is C30H34N4O6. The van der Waals surface area contributed by atoms with Gasteiger partial charge in [0.05, 0.1) is 62.2 Å². The lowest BCUT2D eigenvalue weighted by Gasteiger charge is -2.29. The summed E-state index contributed by atoms with van der Waals surface area (Å²) < 4.78 is 18.0. The number of nitrogens with zero attached hydrogens (tertiary/aromatic N) is 4. The number of hydrogen-bond acceptors (Lipinski definition) is 8. The lowest BCUT2D eigenvalue weighted by molar-refractivity contribution is -0.140. The van der Waals surface area contributed by atoms with Crippen molar-refractivity contribution < 1.29 is 28.9 Å². The molecule has 2 aliphatic heterocycles. The van der Waals surface area contributed by atoms with Gasteiger partial charge in [-0.3, -0.25) is 14.5 Å². The van der Waals surface area contributed by atoms with Gasteiger partial charge < -0.3 is 24.2 Å². The van der Waals surface area contributed by atoms with Gasteiger partial charge in [0.25, 0.3) is 11.7 Å². The number of methoxy groups -OCH3 is 2. The van der Waals surface area contributed by atoms with Crippen molar-refractivity contribution in [3.05, 3.63) is 77.1 Å². The summed E-state index contributed by atoms with van der Waals surface area (Å²) in [6, 6.07) is 14.0. The maximum Gasteiger partial charge on any atom is 0.295 e. The van der Waals surface area contributed by atoms with E-state index in [0.29, 0.717) is 54.5 Å². The summed E-state index contributed by atoms with van der Waals surface area (Å²) >= 11 is 0. The van der Waals surface area contributed by atoms with Crippen molar-refractivity contribution in [2.75, 3.05) is 53.6 Å². The van der Waals surface area contributed by atoms with Crippen molar-refractivity contribution in [3.8, 4) is 17.2 Å². The fraction of sp³-hybridized carbons (Fsp3) is 0.367. The van der Waals surface area contributed by atoms with Gasteiger partial charge in [-0.15, -0.1) is 0 Å². The quantitative estimate of drug-likeness (QED) is 0.248. The monoisotopic (exact) mass is 546 g/mol. The van der Waals surface area contributed by atoms with Gasteiger partial charge >= 0.3 is 0 Å². The molecule has 40 heavy (non-hydrogen) atoms. The number of carbonyl (C=O) groups is 2. The molecule has 0 unspecified atom stereocenters. The van der Waals surface area contributed by atoms with Crippen molar-refractivity contribution >= 4 is 17.4 Å². The van der Waals surface area contributed by atoms with Crippen LogP contribution in [0, 0.1) is 6.92 Å². The number of ether oxygens (including phenoxy) is 3. The normalized spacial score (nSPS) is 19.3. The molecule has 2 aliphatic rings. The van der Waals surface area contributed by atoms with Crippen LogP contribution in [0.1, 0.15) is 29.3 Å². The average Bonchev–Trinajstić information content (AvgIpc) is 3.50. The highest BCUT2D eigenvalue weighted by Gasteiger charge is 2.46. The standard InChI is InChI=1S/C30H34N4O6/c1-20-23(19-31-34(20)22-8-5-4-6-9-22)28(35)26-27(21-10-11-24(38-2)25(18-21)39-3)33(30(37)29(26)36)13-7-12-32-14-16-40-17-15-32/h4-6,8-11,18-19,27,35H,7,12-17H2,1-3H3/b28-26+/t27-/m0/s1. The van der Waals surface area contributed by atoms with Gasteiger partial charge in [0, 0.05) is 26.2 Å². The van der Waals surface area contributed by atoms with E-state index in [1.807, 2.05) is 37.3 Å². The number of carbonyl (C=O) groups excluding carboxylic acids is 2. The summed E-state index contributed by atoms with van der Waals surface area (Å²) in [6.07, 6.45) is 2.19. The Balaban J connectivity index is 1.55. The van der Waals surface area contributed by atoms with Crippen LogP contribution in [-0.2, 0) is 14.3 Å². The molecule has 2 aromatic carbocycles. The molecule has 0 aliphatic carbocycles. The number of aliphatic hydroxyl groups is 1. The highest BCUT2D eigenvalue weighted by Crippen LogP contribution is 2.42. The summed E-state index contributed by atoms with van der Waals surface area (Å²) in [5, 5.41) is 16.1. The van der Waals surface area contributed by atoms with E-state index in [2.05, 4.69) is 10.00 Å². The lowest BCUT2D eigenvalue weighted by atomic mass is 9.95. The van der Waals surface area contributed by atoms with Crippen LogP contribution in [0.4, 0.5) is 0 Å². The lowest BCUT2D eigenvalue weighted by Crippen LogP contribution is -2.39. The molecule has 2 fully saturated rings. The van der Waals surface area contributed by atoms with Crippen molar-refractivity contribution in [2.45, 2.75) is 19.4 Å². The molecule has 0 saturated carbocycles.